The Balaban J connectivity index is 1.95. The highest BCUT2D eigenvalue weighted by molar-refractivity contribution is 5.87. The Hall–Kier alpha value is -1.51. The van der Waals surface area contributed by atoms with E-state index < -0.39 is 0 Å². The van der Waals surface area contributed by atoms with Crippen LogP contribution in [0.2, 0.25) is 0 Å². The molecule has 2 aliphatic carbocycles. The molecule has 3 nitrogen and oxygen atoms in total. The second-order valence-corrected chi connectivity index (χ2v) is 5.35. The summed E-state index contributed by atoms with van der Waals surface area (Å²) >= 11 is 0. The molecule has 1 aliphatic heterocycles. The van der Waals surface area contributed by atoms with Gasteiger partial charge in [0.05, 0.1) is 0 Å². The minimum atomic E-state index is -0.323. The second-order valence-electron chi connectivity index (χ2n) is 5.35. The van der Waals surface area contributed by atoms with Crippen molar-refractivity contribution in [1.82, 2.24) is 0 Å². The van der Waals surface area contributed by atoms with Crippen LogP contribution in [0, 0.1) is 5.92 Å². The molecule has 1 aromatic rings. The molecule has 1 saturated carbocycles. The summed E-state index contributed by atoms with van der Waals surface area (Å²) in [4.78, 5) is 11.9. The summed E-state index contributed by atoms with van der Waals surface area (Å²) in [5.74, 6) is 1.74. The zero-order valence-electron chi connectivity index (χ0n) is 9.48. The molecule has 0 amide bonds. The molecule has 3 aliphatic rings. The summed E-state index contributed by atoms with van der Waals surface area (Å²) in [5.41, 5.74) is 2.38. The summed E-state index contributed by atoms with van der Waals surface area (Å²) in [6.45, 7) is 0. The van der Waals surface area contributed by atoms with E-state index in [0.717, 1.165) is 24.8 Å². The van der Waals surface area contributed by atoms with Crippen LogP contribution in [0.3, 0.4) is 0 Å². The maximum absolute atomic E-state index is 11.9. The third kappa shape index (κ3) is 1.09. The predicted molar refractivity (Wildman–Crippen MR) is 61.3 cm³/mol. The van der Waals surface area contributed by atoms with Crippen LogP contribution in [0.5, 0.6) is 11.5 Å². The number of aryl methyl sites for hydroxylation is 1. The first-order valence-corrected chi connectivity index (χ1v) is 6.30. The molecule has 4 rings (SSSR count). The van der Waals surface area contributed by atoms with Gasteiger partial charge in [-0.2, -0.15) is 0 Å². The Morgan fingerprint density at radius 1 is 1.24 bits per heavy atom. The third-order valence-electron chi connectivity index (χ3n) is 4.54. The summed E-state index contributed by atoms with van der Waals surface area (Å²) in [6.07, 6.45) is 3.49. The molecular weight excluding hydrogens is 216 g/mol. The van der Waals surface area contributed by atoms with E-state index in [9.17, 15) is 9.90 Å². The normalized spacial score (nSPS) is 33.2. The lowest BCUT2D eigenvalue weighted by molar-refractivity contribution is -0.129. The minimum absolute atomic E-state index is 0.187. The molecule has 17 heavy (non-hydrogen) atoms. The molecule has 0 aromatic heterocycles. The van der Waals surface area contributed by atoms with E-state index in [2.05, 4.69) is 0 Å². The summed E-state index contributed by atoms with van der Waals surface area (Å²) in [5, 5.41) is 9.86. The second kappa shape index (κ2) is 3.03. The van der Waals surface area contributed by atoms with E-state index in [1.807, 2.05) is 6.07 Å². The highest BCUT2D eigenvalue weighted by atomic mass is 16.5. The maximum atomic E-state index is 11.9. The van der Waals surface area contributed by atoms with Gasteiger partial charge in [-0.1, -0.05) is 6.07 Å². The first kappa shape index (κ1) is 9.51. The van der Waals surface area contributed by atoms with Gasteiger partial charge in [-0.25, -0.2) is 0 Å². The van der Waals surface area contributed by atoms with Crippen molar-refractivity contribution in [3.63, 3.8) is 0 Å². The zero-order valence-corrected chi connectivity index (χ0v) is 9.48. The fourth-order valence-electron chi connectivity index (χ4n) is 3.75. The van der Waals surface area contributed by atoms with Gasteiger partial charge >= 0.3 is 0 Å². The number of phenols is 1. The average Bonchev–Trinajstić information content (AvgIpc) is 2.75. The summed E-state index contributed by atoms with van der Waals surface area (Å²) < 4.78 is 5.75. The van der Waals surface area contributed by atoms with Crippen LogP contribution in [0.25, 0.3) is 0 Å². The monoisotopic (exact) mass is 230 g/mol. The molecule has 0 saturated heterocycles. The number of carbonyl (C=O) groups is 1. The van der Waals surface area contributed by atoms with E-state index in [4.69, 9.17) is 4.74 Å². The van der Waals surface area contributed by atoms with E-state index in [1.165, 1.54) is 5.56 Å². The van der Waals surface area contributed by atoms with E-state index >= 15 is 0 Å². The Morgan fingerprint density at radius 2 is 2.06 bits per heavy atom. The Bertz CT molecular complexity index is 520. The average molecular weight is 230 g/mol. The Kier molecular flexibility index (Phi) is 1.70. The van der Waals surface area contributed by atoms with Gasteiger partial charge < -0.3 is 9.84 Å². The number of Topliss-reactive ketones (excluding diaryl/α,β-unsaturated/α-hetero) is 1. The first-order valence-electron chi connectivity index (χ1n) is 6.30. The van der Waals surface area contributed by atoms with Gasteiger partial charge in [0.2, 0.25) is 0 Å². The van der Waals surface area contributed by atoms with Crippen LogP contribution in [0.4, 0.5) is 0 Å². The third-order valence-corrected chi connectivity index (χ3v) is 4.54. The first-order chi connectivity index (χ1) is 8.25. The molecule has 0 bridgehead atoms. The van der Waals surface area contributed by atoms with Crippen LogP contribution >= 0.6 is 0 Å². The molecule has 3 atom stereocenters. The number of hydrogen-bond donors (Lipinski definition) is 1. The van der Waals surface area contributed by atoms with Crippen molar-refractivity contribution < 1.29 is 14.6 Å². The van der Waals surface area contributed by atoms with Crippen LogP contribution in [0.1, 0.15) is 36.3 Å². The van der Waals surface area contributed by atoms with Gasteiger partial charge in [0.15, 0.2) is 23.4 Å². The van der Waals surface area contributed by atoms with Gasteiger partial charge in [0.25, 0.3) is 0 Å². The van der Waals surface area contributed by atoms with E-state index in [0.29, 0.717) is 18.1 Å². The van der Waals surface area contributed by atoms with Crippen molar-refractivity contribution in [1.29, 1.82) is 0 Å². The molecule has 1 heterocycles. The number of rotatable bonds is 0. The van der Waals surface area contributed by atoms with Gasteiger partial charge in [-0.05, 0) is 36.8 Å². The Morgan fingerprint density at radius 3 is 2.94 bits per heavy atom. The number of aromatic hydroxyl groups is 1. The highest BCUT2D eigenvalue weighted by Gasteiger charge is 2.49. The standard InChI is InChI=1S/C14H14O3/c15-9-5-3-7-1-2-8-4-6-10(16)14-12(8)11(7)13(9)17-14/h3,5,8,12,14-15H,1-2,4,6H2/t8?,12?,14-/m1/s1. The molecule has 3 heteroatoms. The van der Waals surface area contributed by atoms with Crippen LogP contribution in [-0.4, -0.2) is 17.0 Å². The Labute approximate surface area is 99.4 Å². The van der Waals surface area contributed by atoms with E-state index in [-0.39, 0.29) is 23.6 Å². The fourth-order valence-corrected chi connectivity index (χ4v) is 3.75. The van der Waals surface area contributed by atoms with Gasteiger partial charge in [-0.3, -0.25) is 4.79 Å². The van der Waals surface area contributed by atoms with Crippen LogP contribution in [0.15, 0.2) is 12.1 Å². The lowest BCUT2D eigenvalue weighted by Gasteiger charge is -2.35. The van der Waals surface area contributed by atoms with Crippen molar-refractivity contribution in [3.8, 4) is 11.5 Å². The van der Waals surface area contributed by atoms with Crippen molar-refractivity contribution in [2.24, 2.45) is 5.92 Å². The van der Waals surface area contributed by atoms with Gasteiger partial charge in [0.1, 0.15) is 0 Å². The fraction of sp³-hybridized carbons (Fsp3) is 0.500. The molecule has 0 radical (unpaired) electrons. The summed E-state index contributed by atoms with van der Waals surface area (Å²) in [6, 6.07) is 3.67. The number of carbonyl (C=O) groups excluding carboxylic acids is 1. The quantitative estimate of drug-likeness (QED) is 0.743. The lowest BCUT2D eigenvalue weighted by Crippen LogP contribution is -2.39. The lowest BCUT2D eigenvalue weighted by atomic mass is 9.67. The minimum Gasteiger partial charge on any atom is -0.504 e. The van der Waals surface area contributed by atoms with Gasteiger partial charge in [0, 0.05) is 17.9 Å². The van der Waals surface area contributed by atoms with Crippen LogP contribution < -0.4 is 4.74 Å². The maximum Gasteiger partial charge on any atom is 0.173 e. The number of benzene rings is 1. The van der Waals surface area contributed by atoms with Crippen molar-refractivity contribution in [2.45, 2.75) is 37.7 Å². The molecule has 2 unspecified atom stereocenters. The van der Waals surface area contributed by atoms with Crippen LogP contribution in [-0.2, 0) is 11.2 Å². The van der Waals surface area contributed by atoms with Crippen molar-refractivity contribution >= 4 is 5.78 Å². The number of ether oxygens (including phenoxy) is 1. The van der Waals surface area contributed by atoms with Gasteiger partial charge in [-0.15, -0.1) is 0 Å². The molecule has 1 fully saturated rings. The van der Waals surface area contributed by atoms with E-state index in [1.54, 1.807) is 6.07 Å². The largest absolute Gasteiger partial charge is 0.504 e. The zero-order chi connectivity index (χ0) is 11.6. The molecule has 1 N–H and O–H groups in total. The number of hydrogen-bond acceptors (Lipinski definition) is 3. The highest BCUT2D eigenvalue weighted by Crippen LogP contribution is 2.55. The molecule has 88 valence electrons. The van der Waals surface area contributed by atoms with Crippen molar-refractivity contribution in [2.75, 3.05) is 0 Å². The smallest absolute Gasteiger partial charge is 0.173 e. The van der Waals surface area contributed by atoms with Crippen molar-refractivity contribution in [3.05, 3.63) is 23.3 Å². The predicted octanol–water partition coefficient (Wildman–Crippen LogP) is 2.16. The SMILES string of the molecule is O=C1CCC2CCc3ccc(O)c4c3C2[C@@H]1O4. The molecular formula is C14H14O3. The summed E-state index contributed by atoms with van der Waals surface area (Å²) in [7, 11) is 0. The number of ketones is 1. The molecule has 1 aromatic carbocycles. The number of phenolic OH excluding ortho intramolecular Hbond substituents is 1. The topological polar surface area (TPSA) is 46.5 Å². The molecule has 0 spiro atoms.